The van der Waals surface area contributed by atoms with E-state index in [9.17, 15) is 0 Å². The smallest absolute Gasteiger partial charge is 0.239 e. The average molecular weight is 278 g/mol. The summed E-state index contributed by atoms with van der Waals surface area (Å²) in [5, 5.41) is 3.42. The molecule has 0 bridgehead atoms. The van der Waals surface area contributed by atoms with Gasteiger partial charge in [-0.15, -0.1) is 0 Å². The molecule has 3 N–H and O–H groups in total. The topological polar surface area (TPSA) is 63.4 Å². The molecule has 0 atom stereocenters. The highest BCUT2D eigenvalue weighted by Crippen LogP contribution is 2.36. The molecular weight excluding hydrogens is 252 g/mol. The van der Waals surface area contributed by atoms with Gasteiger partial charge in [-0.05, 0) is 51.9 Å². The van der Waals surface area contributed by atoms with Crippen molar-refractivity contribution in [2.75, 3.05) is 38.3 Å². The van der Waals surface area contributed by atoms with Crippen LogP contribution < -0.4 is 15.8 Å². The molecule has 1 aromatic rings. The SMILES string of the molecule is CCCOc1nc(NCC2(N(C)C)CCC2)ccc1N. The van der Waals surface area contributed by atoms with Crippen molar-refractivity contribution in [2.45, 2.75) is 38.1 Å². The average Bonchev–Trinajstić information content (AvgIpc) is 2.37. The van der Waals surface area contributed by atoms with Crippen molar-refractivity contribution < 1.29 is 4.74 Å². The molecule has 2 rings (SSSR count). The number of likely N-dealkylation sites (N-methyl/N-ethyl adjacent to an activating group) is 1. The van der Waals surface area contributed by atoms with Crippen LogP contribution in [0.25, 0.3) is 0 Å². The Balaban J connectivity index is 1.99. The number of nitrogens with one attached hydrogen (secondary N) is 1. The summed E-state index contributed by atoms with van der Waals surface area (Å²) in [6.45, 7) is 3.61. The molecule has 1 aromatic heterocycles. The van der Waals surface area contributed by atoms with Crippen LogP contribution >= 0.6 is 0 Å². The molecule has 5 heteroatoms. The molecular formula is C15H26N4O. The Hall–Kier alpha value is -1.49. The Bertz CT molecular complexity index is 443. The number of nitrogens with zero attached hydrogens (tertiary/aromatic N) is 2. The number of ether oxygens (including phenoxy) is 1. The van der Waals surface area contributed by atoms with Gasteiger partial charge in [-0.1, -0.05) is 6.92 Å². The Morgan fingerprint density at radius 1 is 1.40 bits per heavy atom. The van der Waals surface area contributed by atoms with Gasteiger partial charge in [0.15, 0.2) is 0 Å². The number of pyridine rings is 1. The molecule has 1 aliphatic rings. The molecule has 0 amide bonds. The van der Waals surface area contributed by atoms with E-state index in [1.807, 2.05) is 12.1 Å². The zero-order valence-electron chi connectivity index (χ0n) is 12.8. The van der Waals surface area contributed by atoms with E-state index in [-0.39, 0.29) is 5.54 Å². The summed E-state index contributed by atoms with van der Waals surface area (Å²) < 4.78 is 5.56. The van der Waals surface area contributed by atoms with Crippen molar-refractivity contribution in [3.63, 3.8) is 0 Å². The standard InChI is InChI=1S/C15H26N4O/c1-4-10-20-14-12(16)6-7-13(18-14)17-11-15(19(2)3)8-5-9-15/h6-7H,4-5,8-11,16H2,1-3H3,(H,17,18). The minimum absolute atomic E-state index is 0.271. The number of nitrogens with two attached hydrogens (primary N) is 1. The molecule has 0 saturated heterocycles. The first-order valence-corrected chi connectivity index (χ1v) is 7.38. The summed E-state index contributed by atoms with van der Waals surface area (Å²) >= 11 is 0. The lowest BCUT2D eigenvalue weighted by molar-refractivity contribution is 0.0738. The van der Waals surface area contributed by atoms with Crippen LogP contribution in [-0.4, -0.2) is 42.7 Å². The fraction of sp³-hybridized carbons (Fsp3) is 0.667. The lowest BCUT2D eigenvalue weighted by Crippen LogP contribution is -2.54. The van der Waals surface area contributed by atoms with Gasteiger partial charge >= 0.3 is 0 Å². The van der Waals surface area contributed by atoms with Gasteiger partial charge in [-0.2, -0.15) is 4.98 Å². The van der Waals surface area contributed by atoms with Crippen LogP contribution in [0.3, 0.4) is 0 Å². The molecule has 5 nitrogen and oxygen atoms in total. The third kappa shape index (κ3) is 3.15. The van der Waals surface area contributed by atoms with E-state index in [4.69, 9.17) is 10.5 Å². The normalized spacial score (nSPS) is 16.8. The number of anilines is 2. The van der Waals surface area contributed by atoms with E-state index >= 15 is 0 Å². The number of nitrogen functional groups attached to an aromatic ring is 1. The maximum Gasteiger partial charge on any atom is 0.239 e. The number of hydrogen-bond acceptors (Lipinski definition) is 5. The summed E-state index contributed by atoms with van der Waals surface area (Å²) in [7, 11) is 4.29. The molecule has 1 saturated carbocycles. The van der Waals surface area contributed by atoms with Crippen molar-refractivity contribution >= 4 is 11.5 Å². The Morgan fingerprint density at radius 3 is 2.70 bits per heavy atom. The van der Waals surface area contributed by atoms with E-state index in [0.29, 0.717) is 18.2 Å². The first-order valence-electron chi connectivity index (χ1n) is 7.38. The van der Waals surface area contributed by atoms with E-state index in [2.05, 4.69) is 36.2 Å². The Labute approximate surface area is 121 Å². The van der Waals surface area contributed by atoms with Crippen molar-refractivity contribution in [3.8, 4) is 5.88 Å². The second kappa shape index (κ2) is 6.31. The second-order valence-corrected chi connectivity index (χ2v) is 5.77. The third-order valence-corrected chi connectivity index (χ3v) is 4.16. The molecule has 0 aromatic carbocycles. The molecule has 0 unspecified atom stereocenters. The fourth-order valence-electron chi connectivity index (χ4n) is 2.49. The van der Waals surface area contributed by atoms with Gasteiger partial charge in [-0.25, -0.2) is 0 Å². The van der Waals surface area contributed by atoms with E-state index in [1.165, 1.54) is 19.3 Å². The largest absolute Gasteiger partial charge is 0.476 e. The van der Waals surface area contributed by atoms with Crippen molar-refractivity contribution in [2.24, 2.45) is 0 Å². The van der Waals surface area contributed by atoms with Crippen LogP contribution in [0.15, 0.2) is 12.1 Å². The highest BCUT2D eigenvalue weighted by Gasteiger charge is 2.38. The molecule has 20 heavy (non-hydrogen) atoms. The number of hydrogen-bond donors (Lipinski definition) is 2. The van der Waals surface area contributed by atoms with Crippen LogP contribution in [0.4, 0.5) is 11.5 Å². The zero-order valence-corrected chi connectivity index (χ0v) is 12.8. The van der Waals surface area contributed by atoms with Gasteiger partial charge in [0.2, 0.25) is 5.88 Å². The Kier molecular flexibility index (Phi) is 4.70. The van der Waals surface area contributed by atoms with Gasteiger partial charge in [0, 0.05) is 12.1 Å². The highest BCUT2D eigenvalue weighted by molar-refractivity contribution is 5.53. The molecule has 1 fully saturated rings. The molecule has 0 aliphatic heterocycles. The van der Waals surface area contributed by atoms with Gasteiger partial charge in [-0.3, -0.25) is 0 Å². The lowest BCUT2D eigenvalue weighted by Gasteiger charge is -2.47. The van der Waals surface area contributed by atoms with E-state index < -0.39 is 0 Å². The first-order chi connectivity index (χ1) is 9.57. The highest BCUT2D eigenvalue weighted by atomic mass is 16.5. The summed E-state index contributed by atoms with van der Waals surface area (Å²) in [6, 6.07) is 3.76. The first kappa shape index (κ1) is 14.9. The lowest BCUT2D eigenvalue weighted by atomic mass is 9.75. The van der Waals surface area contributed by atoms with Crippen LogP contribution in [0, 0.1) is 0 Å². The molecule has 0 radical (unpaired) electrons. The van der Waals surface area contributed by atoms with Crippen molar-refractivity contribution in [3.05, 3.63) is 12.1 Å². The number of rotatable bonds is 7. The van der Waals surface area contributed by atoms with E-state index in [1.54, 1.807) is 0 Å². The summed E-state index contributed by atoms with van der Waals surface area (Å²) in [5.74, 6) is 1.36. The molecule has 0 spiro atoms. The molecule has 112 valence electrons. The van der Waals surface area contributed by atoms with Crippen molar-refractivity contribution in [1.29, 1.82) is 0 Å². The van der Waals surface area contributed by atoms with Crippen molar-refractivity contribution in [1.82, 2.24) is 9.88 Å². The molecule has 1 heterocycles. The fourth-order valence-corrected chi connectivity index (χ4v) is 2.49. The van der Waals surface area contributed by atoms with E-state index in [0.717, 1.165) is 18.8 Å². The van der Waals surface area contributed by atoms with Crippen LogP contribution in [0.1, 0.15) is 32.6 Å². The quantitative estimate of drug-likeness (QED) is 0.801. The maximum atomic E-state index is 5.87. The van der Waals surface area contributed by atoms with Gasteiger partial charge in [0.05, 0.1) is 12.3 Å². The predicted octanol–water partition coefficient (Wildman–Crippen LogP) is 2.35. The summed E-state index contributed by atoms with van der Waals surface area (Å²) in [4.78, 5) is 6.77. The minimum Gasteiger partial charge on any atom is -0.476 e. The predicted molar refractivity (Wildman–Crippen MR) is 83.2 cm³/mol. The number of aromatic nitrogens is 1. The maximum absolute atomic E-state index is 5.87. The van der Waals surface area contributed by atoms with Gasteiger partial charge in [0.25, 0.3) is 0 Å². The summed E-state index contributed by atoms with van der Waals surface area (Å²) in [5.41, 5.74) is 6.74. The third-order valence-electron chi connectivity index (χ3n) is 4.16. The van der Waals surface area contributed by atoms with Gasteiger partial charge in [0.1, 0.15) is 5.82 Å². The Morgan fingerprint density at radius 2 is 2.15 bits per heavy atom. The monoisotopic (exact) mass is 278 g/mol. The zero-order chi connectivity index (χ0) is 14.6. The molecule has 1 aliphatic carbocycles. The van der Waals surface area contributed by atoms with Crippen LogP contribution in [0.5, 0.6) is 5.88 Å². The second-order valence-electron chi connectivity index (χ2n) is 5.77. The van der Waals surface area contributed by atoms with Crippen LogP contribution in [-0.2, 0) is 0 Å². The van der Waals surface area contributed by atoms with Gasteiger partial charge < -0.3 is 20.7 Å². The van der Waals surface area contributed by atoms with Crippen LogP contribution in [0.2, 0.25) is 0 Å². The summed E-state index contributed by atoms with van der Waals surface area (Å²) in [6.07, 6.45) is 4.73. The minimum atomic E-state index is 0.271.